The first-order chi connectivity index (χ1) is 11.0. The molecule has 2 aromatic carbocycles. The molecule has 1 heterocycles. The summed E-state index contributed by atoms with van der Waals surface area (Å²) in [6.07, 6.45) is 0. The highest BCUT2D eigenvalue weighted by Crippen LogP contribution is 2.33. The normalized spacial score (nSPS) is 10.8. The van der Waals surface area contributed by atoms with Crippen LogP contribution >= 0.6 is 27.5 Å². The minimum Gasteiger partial charge on any atom is -0.497 e. The molecule has 1 aromatic heterocycles. The lowest BCUT2D eigenvalue weighted by atomic mass is 10.2. The van der Waals surface area contributed by atoms with E-state index in [1.807, 2.05) is 12.1 Å². The zero-order valence-corrected chi connectivity index (χ0v) is 14.7. The van der Waals surface area contributed by atoms with Crippen molar-refractivity contribution in [3.63, 3.8) is 0 Å². The van der Waals surface area contributed by atoms with E-state index in [1.54, 1.807) is 36.1 Å². The summed E-state index contributed by atoms with van der Waals surface area (Å²) in [6, 6.07) is 10.6. The highest BCUT2D eigenvalue weighted by atomic mass is 79.9. The molecule has 0 aliphatic carbocycles. The minimum atomic E-state index is -0.369. The number of rotatable bonds is 3. The van der Waals surface area contributed by atoms with E-state index >= 15 is 0 Å². The smallest absolute Gasteiger partial charge is 0.308 e. The molecule has 3 aromatic rings. The van der Waals surface area contributed by atoms with Gasteiger partial charge in [0.05, 0.1) is 23.3 Å². The molecule has 0 bridgehead atoms. The Morgan fingerprint density at radius 3 is 2.61 bits per heavy atom. The summed E-state index contributed by atoms with van der Waals surface area (Å²) in [6.45, 7) is 1.36. The number of aromatic nitrogens is 2. The Hall–Kier alpha value is -2.05. The Balaban J connectivity index is 2.12. The summed E-state index contributed by atoms with van der Waals surface area (Å²) < 4.78 is 12.7. The van der Waals surface area contributed by atoms with E-state index in [0.29, 0.717) is 26.8 Å². The molecule has 5 nitrogen and oxygen atoms in total. The Kier molecular flexibility index (Phi) is 4.28. The van der Waals surface area contributed by atoms with Crippen LogP contribution in [0.3, 0.4) is 0 Å². The molecule has 0 saturated carbocycles. The fourth-order valence-electron chi connectivity index (χ4n) is 2.21. The van der Waals surface area contributed by atoms with Gasteiger partial charge in [0.1, 0.15) is 16.1 Å². The van der Waals surface area contributed by atoms with Crippen LogP contribution in [0, 0.1) is 0 Å². The molecular formula is C16H12BrClN2O3. The van der Waals surface area contributed by atoms with E-state index in [2.05, 4.69) is 21.0 Å². The SMILES string of the molecule is COc1ccc(-n2nc3ccc(OC(C)=O)cc3c2Br)c(Cl)c1. The van der Waals surface area contributed by atoms with Gasteiger partial charge in [-0.15, -0.1) is 0 Å². The average molecular weight is 396 g/mol. The number of nitrogens with zero attached hydrogens (tertiary/aromatic N) is 2. The maximum Gasteiger partial charge on any atom is 0.308 e. The monoisotopic (exact) mass is 394 g/mol. The van der Waals surface area contributed by atoms with Gasteiger partial charge >= 0.3 is 5.97 Å². The zero-order chi connectivity index (χ0) is 16.6. The first-order valence-corrected chi connectivity index (χ1v) is 7.87. The zero-order valence-electron chi connectivity index (χ0n) is 12.3. The van der Waals surface area contributed by atoms with Gasteiger partial charge in [-0.3, -0.25) is 4.79 Å². The summed E-state index contributed by atoms with van der Waals surface area (Å²) in [7, 11) is 1.58. The quantitative estimate of drug-likeness (QED) is 0.488. The van der Waals surface area contributed by atoms with Crippen molar-refractivity contribution in [2.24, 2.45) is 0 Å². The fourth-order valence-corrected chi connectivity index (χ4v) is 3.05. The van der Waals surface area contributed by atoms with Gasteiger partial charge < -0.3 is 9.47 Å². The summed E-state index contributed by atoms with van der Waals surface area (Å²) >= 11 is 9.84. The highest BCUT2D eigenvalue weighted by molar-refractivity contribution is 9.10. The van der Waals surface area contributed by atoms with Gasteiger partial charge in [0.2, 0.25) is 0 Å². The largest absolute Gasteiger partial charge is 0.497 e. The predicted molar refractivity (Wildman–Crippen MR) is 91.6 cm³/mol. The van der Waals surface area contributed by atoms with Crippen molar-refractivity contribution in [3.05, 3.63) is 46.0 Å². The van der Waals surface area contributed by atoms with Gasteiger partial charge in [-0.1, -0.05) is 11.6 Å². The predicted octanol–water partition coefficient (Wildman–Crippen LogP) is 4.38. The lowest BCUT2D eigenvalue weighted by Crippen LogP contribution is -2.00. The Labute approximate surface area is 145 Å². The molecule has 23 heavy (non-hydrogen) atoms. The molecule has 0 N–H and O–H groups in total. The second-order valence-corrected chi connectivity index (χ2v) is 5.95. The molecule has 3 rings (SSSR count). The van der Waals surface area contributed by atoms with E-state index in [4.69, 9.17) is 21.1 Å². The molecule has 0 amide bonds. The lowest BCUT2D eigenvalue weighted by molar-refractivity contribution is -0.131. The topological polar surface area (TPSA) is 53.4 Å². The molecule has 0 saturated heterocycles. The van der Waals surface area contributed by atoms with E-state index < -0.39 is 0 Å². The van der Waals surface area contributed by atoms with Gasteiger partial charge in [0.25, 0.3) is 0 Å². The molecule has 0 radical (unpaired) electrons. The molecule has 0 unspecified atom stereocenters. The van der Waals surface area contributed by atoms with Crippen molar-refractivity contribution in [2.45, 2.75) is 6.92 Å². The van der Waals surface area contributed by atoms with Crippen molar-refractivity contribution in [3.8, 4) is 17.2 Å². The number of halogens is 2. The van der Waals surface area contributed by atoms with Crippen LogP contribution in [-0.2, 0) is 4.79 Å². The standard InChI is InChI=1S/C16H12BrClN2O3/c1-9(21)23-11-3-5-14-12(7-11)16(17)20(19-14)15-6-4-10(22-2)8-13(15)18/h3-8H,1-2H3. The molecule has 0 atom stereocenters. The van der Waals surface area contributed by atoms with E-state index in [9.17, 15) is 4.79 Å². The average Bonchev–Trinajstić information content (AvgIpc) is 2.83. The summed E-state index contributed by atoms with van der Waals surface area (Å²) in [5, 5.41) is 5.85. The number of methoxy groups -OCH3 is 1. The third-order valence-electron chi connectivity index (χ3n) is 3.23. The maximum atomic E-state index is 11.1. The second kappa shape index (κ2) is 6.22. The van der Waals surface area contributed by atoms with Gasteiger partial charge in [0, 0.05) is 18.4 Å². The van der Waals surface area contributed by atoms with Crippen LogP contribution < -0.4 is 9.47 Å². The van der Waals surface area contributed by atoms with E-state index in [1.165, 1.54) is 6.92 Å². The minimum absolute atomic E-state index is 0.369. The van der Waals surface area contributed by atoms with Crippen molar-refractivity contribution in [1.29, 1.82) is 0 Å². The Morgan fingerprint density at radius 1 is 1.22 bits per heavy atom. The first-order valence-electron chi connectivity index (χ1n) is 6.70. The third kappa shape index (κ3) is 3.04. The number of carbonyl (C=O) groups excluding carboxylic acids is 1. The van der Waals surface area contributed by atoms with Crippen LogP contribution in [0.4, 0.5) is 0 Å². The van der Waals surface area contributed by atoms with Gasteiger partial charge in [-0.05, 0) is 46.3 Å². The van der Waals surface area contributed by atoms with Crippen molar-refractivity contribution in [2.75, 3.05) is 7.11 Å². The van der Waals surface area contributed by atoms with Crippen LogP contribution in [0.5, 0.6) is 11.5 Å². The summed E-state index contributed by atoms with van der Waals surface area (Å²) in [5.41, 5.74) is 1.46. The van der Waals surface area contributed by atoms with Crippen molar-refractivity contribution < 1.29 is 14.3 Å². The highest BCUT2D eigenvalue weighted by Gasteiger charge is 2.14. The number of hydrogen-bond acceptors (Lipinski definition) is 4. The van der Waals surface area contributed by atoms with Crippen LogP contribution in [0.1, 0.15) is 6.92 Å². The van der Waals surface area contributed by atoms with Crippen LogP contribution in [0.15, 0.2) is 41.0 Å². The number of hydrogen-bond donors (Lipinski definition) is 0. The fraction of sp³-hybridized carbons (Fsp3) is 0.125. The van der Waals surface area contributed by atoms with Crippen LogP contribution in [0.2, 0.25) is 5.02 Å². The van der Waals surface area contributed by atoms with Crippen molar-refractivity contribution >= 4 is 44.4 Å². The molecule has 0 aliphatic rings. The number of esters is 1. The first kappa shape index (κ1) is 15.8. The maximum absolute atomic E-state index is 11.1. The molecular weight excluding hydrogens is 384 g/mol. The third-order valence-corrected chi connectivity index (χ3v) is 4.29. The molecule has 0 spiro atoms. The summed E-state index contributed by atoms with van der Waals surface area (Å²) in [5.74, 6) is 0.765. The van der Waals surface area contributed by atoms with Gasteiger partial charge in [0.15, 0.2) is 0 Å². The number of carbonyl (C=O) groups is 1. The van der Waals surface area contributed by atoms with Crippen molar-refractivity contribution in [1.82, 2.24) is 9.78 Å². The number of fused-ring (bicyclic) bond motifs is 1. The molecule has 118 valence electrons. The van der Waals surface area contributed by atoms with E-state index in [-0.39, 0.29) is 5.97 Å². The molecule has 0 aliphatic heterocycles. The molecule has 7 heteroatoms. The number of benzene rings is 2. The van der Waals surface area contributed by atoms with Gasteiger partial charge in [-0.2, -0.15) is 5.10 Å². The Morgan fingerprint density at radius 2 is 1.96 bits per heavy atom. The Bertz CT molecular complexity index is 908. The van der Waals surface area contributed by atoms with E-state index in [0.717, 1.165) is 10.9 Å². The number of ether oxygens (including phenoxy) is 2. The van der Waals surface area contributed by atoms with Gasteiger partial charge in [-0.25, -0.2) is 4.68 Å². The lowest BCUT2D eigenvalue weighted by Gasteiger charge is -2.07. The van der Waals surface area contributed by atoms with Crippen LogP contribution in [-0.4, -0.2) is 22.9 Å². The molecule has 0 fully saturated rings. The second-order valence-electron chi connectivity index (χ2n) is 4.79. The van der Waals surface area contributed by atoms with Crippen LogP contribution in [0.25, 0.3) is 16.6 Å². The summed E-state index contributed by atoms with van der Waals surface area (Å²) in [4.78, 5) is 11.1.